The van der Waals surface area contributed by atoms with E-state index in [0.717, 1.165) is 54.6 Å². The van der Waals surface area contributed by atoms with Gasteiger partial charge in [0.05, 0.1) is 6.10 Å². The number of nitrogens with zero attached hydrogens (tertiary/aromatic N) is 2. The lowest BCUT2D eigenvalue weighted by Crippen LogP contribution is -2.62. The van der Waals surface area contributed by atoms with Gasteiger partial charge < -0.3 is 19.3 Å². The zero-order valence-corrected chi connectivity index (χ0v) is 26.1. The van der Waals surface area contributed by atoms with Crippen molar-refractivity contribution in [1.82, 2.24) is 9.80 Å². The monoisotopic (exact) mass is 582 g/mol. The molecule has 0 aromatic heterocycles. The Hall–Kier alpha value is -3.22. The molecule has 1 saturated heterocycles. The first-order valence-corrected chi connectivity index (χ1v) is 16.1. The van der Waals surface area contributed by atoms with E-state index < -0.39 is 0 Å². The number of carbonyl (C=O) groups is 2. The molecule has 6 heteroatoms. The SMILES string of the molecule is COC1CC(N(CC(C)C)C(=O)c2ccc3ccccc3c2)CC2(c3cccc(OC(C)=O)c3)CCN(CC3CC3)CC12. The Labute approximate surface area is 256 Å². The highest BCUT2D eigenvalue weighted by molar-refractivity contribution is 5.98. The minimum absolute atomic E-state index is 0.0113. The molecule has 3 aliphatic rings. The molecule has 6 rings (SSSR count). The van der Waals surface area contributed by atoms with Crippen LogP contribution in [0.25, 0.3) is 10.8 Å². The molecule has 0 spiro atoms. The quantitative estimate of drug-likeness (QED) is 0.207. The molecule has 43 heavy (non-hydrogen) atoms. The van der Waals surface area contributed by atoms with Gasteiger partial charge in [-0.2, -0.15) is 0 Å². The van der Waals surface area contributed by atoms with Crippen LogP contribution in [0.1, 0.15) is 68.8 Å². The number of hydrogen-bond donors (Lipinski definition) is 0. The lowest BCUT2D eigenvalue weighted by Gasteiger charge is -2.57. The van der Waals surface area contributed by atoms with Crippen molar-refractivity contribution in [1.29, 1.82) is 0 Å². The number of likely N-dealkylation sites (tertiary alicyclic amines) is 1. The number of carbonyl (C=O) groups excluding carboxylic acids is 2. The van der Waals surface area contributed by atoms with Gasteiger partial charge in [-0.25, -0.2) is 0 Å². The zero-order chi connectivity index (χ0) is 30.1. The van der Waals surface area contributed by atoms with Gasteiger partial charge in [0.25, 0.3) is 5.91 Å². The van der Waals surface area contributed by atoms with E-state index in [1.54, 1.807) is 0 Å². The third-order valence-electron chi connectivity index (χ3n) is 10.0. The van der Waals surface area contributed by atoms with Crippen LogP contribution >= 0.6 is 0 Å². The molecule has 0 N–H and O–H groups in total. The van der Waals surface area contributed by atoms with Crippen molar-refractivity contribution in [2.45, 2.75) is 70.4 Å². The highest BCUT2D eigenvalue weighted by Gasteiger charge is 2.54. The first-order chi connectivity index (χ1) is 20.8. The van der Waals surface area contributed by atoms with Crippen molar-refractivity contribution in [3.8, 4) is 5.75 Å². The van der Waals surface area contributed by atoms with Crippen LogP contribution in [0, 0.1) is 17.8 Å². The molecule has 1 amide bonds. The minimum atomic E-state index is -0.314. The fraction of sp³-hybridized carbons (Fsp3) is 0.514. The van der Waals surface area contributed by atoms with Gasteiger partial charge in [0.1, 0.15) is 5.75 Å². The van der Waals surface area contributed by atoms with Crippen LogP contribution in [0.5, 0.6) is 5.75 Å². The Morgan fingerprint density at radius 3 is 2.53 bits per heavy atom. The van der Waals surface area contributed by atoms with E-state index in [-0.39, 0.29) is 35.4 Å². The molecule has 1 aliphatic heterocycles. The van der Waals surface area contributed by atoms with E-state index in [1.807, 2.05) is 43.5 Å². The Morgan fingerprint density at radius 2 is 1.81 bits per heavy atom. The predicted molar refractivity (Wildman–Crippen MR) is 170 cm³/mol. The van der Waals surface area contributed by atoms with Crippen LogP contribution in [0.15, 0.2) is 66.7 Å². The van der Waals surface area contributed by atoms with Crippen LogP contribution in [0.3, 0.4) is 0 Å². The summed E-state index contributed by atoms with van der Waals surface area (Å²) in [6, 6.07) is 22.5. The number of rotatable bonds is 9. The van der Waals surface area contributed by atoms with Crippen LogP contribution in [-0.4, -0.2) is 67.1 Å². The molecular formula is C37H46N2O4. The summed E-state index contributed by atoms with van der Waals surface area (Å²) in [5.41, 5.74) is 1.73. The average Bonchev–Trinajstić information content (AvgIpc) is 3.82. The van der Waals surface area contributed by atoms with Crippen molar-refractivity contribution in [3.63, 3.8) is 0 Å². The van der Waals surface area contributed by atoms with Crippen LogP contribution < -0.4 is 4.74 Å². The van der Waals surface area contributed by atoms with Crippen LogP contribution in [0.4, 0.5) is 0 Å². The minimum Gasteiger partial charge on any atom is -0.427 e. The zero-order valence-electron chi connectivity index (χ0n) is 26.1. The summed E-state index contributed by atoms with van der Waals surface area (Å²) in [4.78, 5) is 31.1. The molecule has 4 atom stereocenters. The Morgan fingerprint density at radius 1 is 1.02 bits per heavy atom. The summed E-state index contributed by atoms with van der Waals surface area (Å²) in [7, 11) is 1.84. The maximum absolute atomic E-state index is 14.4. The Balaban J connectivity index is 1.38. The van der Waals surface area contributed by atoms with Gasteiger partial charge in [-0.05, 0) is 91.1 Å². The van der Waals surface area contributed by atoms with Crippen molar-refractivity contribution in [2.24, 2.45) is 17.8 Å². The summed E-state index contributed by atoms with van der Waals surface area (Å²) in [6.07, 6.45) is 5.36. The fourth-order valence-corrected chi connectivity index (χ4v) is 7.87. The summed E-state index contributed by atoms with van der Waals surface area (Å²) < 4.78 is 11.9. The largest absolute Gasteiger partial charge is 0.427 e. The first-order valence-electron chi connectivity index (χ1n) is 16.1. The van der Waals surface area contributed by atoms with E-state index in [9.17, 15) is 9.59 Å². The molecule has 228 valence electrons. The average molecular weight is 583 g/mol. The predicted octanol–water partition coefficient (Wildman–Crippen LogP) is 6.71. The number of hydrogen-bond acceptors (Lipinski definition) is 5. The Kier molecular flexibility index (Phi) is 8.61. The topological polar surface area (TPSA) is 59.1 Å². The standard InChI is InChI=1S/C37H46N2O4/c1-25(2)22-39(36(41)30-15-14-28-8-5-6-9-29(28)18-30)32-20-35(42-4)34-24-38(23-27-12-13-27)17-16-37(34,21-32)31-10-7-11-33(19-31)43-26(3)40/h5-11,14-15,18-19,25,27,32,34-35H,12-13,16-17,20-24H2,1-4H3. The summed E-state index contributed by atoms with van der Waals surface area (Å²) in [5, 5.41) is 2.22. The smallest absolute Gasteiger partial charge is 0.308 e. The van der Waals surface area contributed by atoms with Crippen molar-refractivity contribution in [2.75, 3.05) is 33.3 Å². The normalized spacial score (nSPS) is 25.8. The molecule has 1 heterocycles. The second-order valence-electron chi connectivity index (χ2n) is 13.6. The molecule has 3 aromatic rings. The van der Waals surface area contributed by atoms with Crippen molar-refractivity contribution in [3.05, 3.63) is 77.9 Å². The molecule has 0 bridgehead atoms. The lowest BCUT2D eigenvalue weighted by molar-refractivity contribution is -0.131. The van der Waals surface area contributed by atoms with Crippen LogP contribution in [0.2, 0.25) is 0 Å². The second-order valence-corrected chi connectivity index (χ2v) is 13.6. The number of esters is 1. The summed E-state index contributed by atoms with van der Waals surface area (Å²) in [6.45, 7) is 9.70. The lowest BCUT2D eigenvalue weighted by atomic mass is 9.56. The molecule has 3 fully saturated rings. The van der Waals surface area contributed by atoms with Crippen molar-refractivity contribution < 1.29 is 19.1 Å². The first kappa shape index (κ1) is 29.8. The molecule has 2 saturated carbocycles. The van der Waals surface area contributed by atoms with Gasteiger partial charge >= 0.3 is 5.97 Å². The number of fused-ring (bicyclic) bond motifs is 2. The second kappa shape index (κ2) is 12.4. The van der Waals surface area contributed by atoms with E-state index >= 15 is 0 Å². The van der Waals surface area contributed by atoms with Gasteiger partial charge in [-0.1, -0.05) is 56.3 Å². The highest BCUT2D eigenvalue weighted by atomic mass is 16.5. The number of amides is 1. The van der Waals surface area contributed by atoms with E-state index in [4.69, 9.17) is 9.47 Å². The number of ether oxygens (including phenoxy) is 2. The van der Waals surface area contributed by atoms with Gasteiger partial charge in [-0.3, -0.25) is 9.59 Å². The summed E-state index contributed by atoms with van der Waals surface area (Å²) >= 11 is 0. The Bertz CT molecular complexity index is 1470. The van der Waals surface area contributed by atoms with Gasteiger partial charge in [0, 0.05) is 56.6 Å². The molecule has 3 aromatic carbocycles. The maximum atomic E-state index is 14.4. The molecular weight excluding hydrogens is 536 g/mol. The maximum Gasteiger partial charge on any atom is 0.308 e. The van der Waals surface area contributed by atoms with Gasteiger partial charge in [-0.15, -0.1) is 0 Å². The van der Waals surface area contributed by atoms with Gasteiger partial charge in [0.2, 0.25) is 0 Å². The van der Waals surface area contributed by atoms with E-state index in [1.165, 1.54) is 31.9 Å². The molecule has 0 radical (unpaired) electrons. The molecule has 4 unspecified atom stereocenters. The third-order valence-corrected chi connectivity index (χ3v) is 10.0. The molecule has 6 nitrogen and oxygen atoms in total. The van der Waals surface area contributed by atoms with Gasteiger partial charge in [0.15, 0.2) is 0 Å². The number of methoxy groups -OCH3 is 1. The van der Waals surface area contributed by atoms with E-state index in [0.29, 0.717) is 18.2 Å². The fourth-order valence-electron chi connectivity index (χ4n) is 7.87. The molecule has 2 aliphatic carbocycles. The van der Waals surface area contributed by atoms with Crippen LogP contribution in [-0.2, 0) is 14.9 Å². The third kappa shape index (κ3) is 6.37. The number of piperidine rings is 1. The summed E-state index contributed by atoms with van der Waals surface area (Å²) in [5.74, 6) is 1.80. The highest BCUT2D eigenvalue weighted by Crippen LogP contribution is 2.52. The van der Waals surface area contributed by atoms with E-state index in [2.05, 4.69) is 54.0 Å². The van der Waals surface area contributed by atoms with Crippen molar-refractivity contribution >= 4 is 22.6 Å². The number of benzene rings is 3.